The molecule has 2 aliphatic heterocycles. The van der Waals surface area contributed by atoms with E-state index in [0.717, 1.165) is 21.3 Å². The van der Waals surface area contributed by atoms with Crippen molar-refractivity contribution in [3.63, 3.8) is 0 Å². The Hall–Kier alpha value is -2.36. The summed E-state index contributed by atoms with van der Waals surface area (Å²) in [6.45, 7) is 3.79. The third-order valence-electron chi connectivity index (χ3n) is 4.54. The van der Waals surface area contributed by atoms with Crippen molar-refractivity contribution in [2.24, 2.45) is 10.1 Å². The Morgan fingerprint density at radius 1 is 1.31 bits per heavy atom. The van der Waals surface area contributed by atoms with Gasteiger partial charge in [0.2, 0.25) is 5.17 Å². The summed E-state index contributed by atoms with van der Waals surface area (Å²) in [6.07, 6.45) is 3.52. The van der Waals surface area contributed by atoms with Gasteiger partial charge in [-0.3, -0.25) is 10.2 Å². The van der Waals surface area contributed by atoms with Crippen LogP contribution in [0.15, 0.2) is 39.9 Å². The van der Waals surface area contributed by atoms with Gasteiger partial charge in [-0.05, 0) is 67.8 Å². The van der Waals surface area contributed by atoms with Gasteiger partial charge in [-0.1, -0.05) is 11.6 Å². The summed E-state index contributed by atoms with van der Waals surface area (Å²) in [5.41, 5.74) is 3.35. The molecule has 0 unspecified atom stereocenters. The normalized spacial score (nSPS) is 17.7. The minimum atomic E-state index is -0.483. The molecule has 0 aliphatic carbocycles. The van der Waals surface area contributed by atoms with Crippen molar-refractivity contribution in [1.82, 2.24) is 9.58 Å². The number of nitrogens with zero attached hydrogens (tertiary/aromatic N) is 4. The molecule has 29 heavy (non-hydrogen) atoms. The molecule has 10 heteroatoms. The molecule has 3 heterocycles. The largest absolute Gasteiger partial charge is 0.318 e. The number of nitrogens with one attached hydrogen (secondary N) is 1. The molecule has 0 saturated carbocycles. The summed E-state index contributed by atoms with van der Waals surface area (Å²) < 4.78 is 16.2. The molecule has 1 N–H and O–H groups in total. The number of benzene rings is 1. The third-order valence-corrected chi connectivity index (χ3v) is 6.72. The molecule has 0 bridgehead atoms. The molecule has 4 rings (SSSR count). The summed E-state index contributed by atoms with van der Waals surface area (Å²) in [7, 11) is 0. The van der Waals surface area contributed by atoms with E-state index in [2.05, 4.69) is 10.1 Å². The van der Waals surface area contributed by atoms with Crippen LogP contribution in [0.3, 0.4) is 0 Å². The second kappa shape index (κ2) is 7.47. The van der Waals surface area contributed by atoms with Crippen LogP contribution in [0.2, 0.25) is 5.02 Å². The Labute approximate surface area is 180 Å². The summed E-state index contributed by atoms with van der Waals surface area (Å²) in [5, 5.41) is 14.6. The van der Waals surface area contributed by atoms with E-state index < -0.39 is 11.7 Å². The number of hydrogen-bond donors (Lipinski definition) is 1. The van der Waals surface area contributed by atoms with E-state index in [9.17, 15) is 9.18 Å². The smallest absolute Gasteiger partial charge is 0.283 e. The molecule has 0 atom stereocenters. The zero-order valence-corrected chi connectivity index (χ0v) is 18.0. The predicted molar refractivity (Wildman–Crippen MR) is 119 cm³/mol. The first-order valence-electron chi connectivity index (χ1n) is 8.48. The lowest BCUT2D eigenvalue weighted by molar-refractivity contribution is -0.114. The number of rotatable bonds is 2. The van der Waals surface area contributed by atoms with E-state index in [1.54, 1.807) is 18.2 Å². The zero-order chi connectivity index (χ0) is 20.9. The number of aliphatic imine (C=N–C) groups is 1. The van der Waals surface area contributed by atoms with E-state index in [1.165, 1.54) is 34.6 Å². The van der Waals surface area contributed by atoms with Crippen molar-refractivity contribution in [2.45, 2.75) is 13.8 Å². The predicted octanol–water partition coefficient (Wildman–Crippen LogP) is 4.83. The number of amides is 1. The van der Waals surface area contributed by atoms with Crippen LogP contribution in [-0.4, -0.2) is 37.1 Å². The van der Waals surface area contributed by atoms with Gasteiger partial charge in [0.1, 0.15) is 5.82 Å². The number of fused-ring (bicyclic) bond motifs is 1. The lowest BCUT2D eigenvalue weighted by atomic mass is 10.1. The molecule has 1 amide bonds. The molecule has 0 saturated heterocycles. The van der Waals surface area contributed by atoms with E-state index >= 15 is 0 Å². The SMILES string of the molecule is CSC1=NN2C(=N)C(=Cc3cc(C)n(-c4ccc(F)c(Cl)c4)c3C)C(=O)N=C2S1. The van der Waals surface area contributed by atoms with Crippen LogP contribution in [0.4, 0.5) is 4.39 Å². The lowest BCUT2D eigenvalue weighted by Gasteiger charge is -2.20. The molecule has 2 aromatic rings. The number of halogens is 2. The maximum Gasteiger partial charge on any atom is 0.283 e. The average molecular weight is 448 g/mol. The second-order valence-corrected chi connectivity index (χ2v) is 8.77. The highest BCUT2D eigenvalue weighted by molar-refractivity contribution is 8.45. The fourth-order valence-electron chi connectivity index (χ4n) is 3.17. The van der Waals surface area contributed by atoms with Crippen molar-refractivity contribution in [3.8, 4) is 5.69 Å². The Morgan fingerprint density at radius 3 is 2.76 bits per heavy atom. The van der Waals surface area contributed by atoms with Crippen molar-refractivity contribution >= 4 is 62.5 Å². The van der Waals surface area contributed by atoms with Gasteiger partial charge >= 0.3 is 0 Å². The van der Waals surface area contributed by atoms with Crippen LogP contribution in [0.25, 0.3) is 11.8 Å². The highest BCUT2D eigenvalue weighted by atomic mass is 35.5. The van der Waals surface area contributed by atoms with E-state index in [4.69, 9.17) is 17.0 Å². The van der Waals surface area contributed by atoms with Crippen LogP contribution < -0.4 is 0 Å². The van der Waals surface area contributed by atoms with Gasteiger partial charge in [-0.15, -0.1) is 16.9 Å². The van der Waals surface area contributed by atoms with Crippen LogP contribution in [0.5, 0.6) is 0 Å². The van der Waals surface area contributed by atoms with Crippen molar-refractivity contribution < 1.29 is 9.18 Å². The Balaban J connectivity index is 1.76. The molecule has 6 nitrogen and oxygen atoms in total. The fraction of sp³-hybridized carbons (Fsp3) is 0.158. The minimum Gasteiger partial charge on any atom is -0.318 e. The van der Waals surface area contributed by atoms with Crippen LogP contribution >= 0.6 is 35.1 Å². The van der Waals surface area contributed by atoms with Crippen molar-refractivity contribution in [1.29, 1.82) is 5.41 Å². The Kier molecular flexibility index (Phi) is 5.14. The lowest BCUT2D eigenvalue weighted by Crippen LogP contribution is -2.35. The van der Waals surface area contributed by atoms with Gasteiger partial charge in [0.25, 0.3) is 5.91 Å². The first kappa shape index (κ1) is 19.9. The molecular weight excluding hydrogens is 433 g/mol. The average Bonchev–Trinajstić information content (AvgIpc) is 3.21. The number of hydrogen-bond acceptors (Lipinski definition) is 5. The van der Waals surface area contributed by atoms with Crippen molar-refractivity contribution in [2.75, 3.05) is 6.26 Å². The van der Waals surface area contributed by atoms with Crippen molar-refractivity contribution in [3.05, 3.63) is 57.6 Å². The van der Waals surface area contributed by atoms with Gasteiger partial charge in [0, 0.05) is 17.1 Å². The maximum atomic E-state index is 13.5. The van der Waals surface area contributed by atoms with Gasteiger partial charge in [-0.25, -0.2) is 4.39 Å². The van der Waals surface area contributed by atoms with Gasteiger partial charge in [0.05, 0.1) is 10.6 Å². The number of thioether (sulfide) groups is 2. The topological polar surface area (TPSA) is 73.8 Å². The molecule has 0 fully saturated rings. The quantitative estimate of drug-likeness (QED) is 0.669. The standard InChI is InChI=1S/C19H15ClFN5OS2/c1-9-6-11(10(2)25(9)12-4-5-15(21)14(20)8-12)7-13-16(22)26-18(23-17(13)27)29-19(24-26)28-3/h4-8,22H,1-3H3. The summed E-state index contributed by atoms with van der Waals surface area (Å²) in [6, 6.07) is 6.41. The molecule has 0 spiro atoms. The van der Waals surface area contributed by atoms with Gasteiger partial charge < -0.3 is 4.57 Å². The van der Waals surface area contributed by atoms with E-state index in [0.29, 0.717) is 10.9 Å². The Bertz CT molecular complexity index is 1170. The van der Waals surface area contributed by atoms with Crippen LogP contribution in [0, 0.1) is 25.1 Å². The summed E-state index contributed by atoms with van der Waals surface area (Å²) in [5.74, 6) is -0.962. The highest BCUT2D eigenvalue weighted by Gasteiger charge is 2.35. The highest BCUT2D eigenvalue weighted by Crippen LogP contribution is 2.32. The molecule has 1 aromatic heterocycles. The first-order chi connectivity index (χ1) is 13.8. The Morgan fingerprint density at radius 2 is 2.07 bits per heavy atom. The number of carbonyl (C=O) groups excluding carboxylic acids is 1. The second-order valence-electron chi connectivity index (χ2n) is 6.35. The zero-order valence-electron chi connectivity index (χ0n) is 15.7. The summed E-state index contributed by atoms with van der Waals surface area (Å²) in [4.78, 5) is 16.6. The fourth-order valence-corrected chi connectivity index (χ4v) is 4.69. The van der Waals surface area contributed by atoms with Gasteiger partial charge in [-0.2, -0.15) is 10.0 Å². The van der Waals surface area contributed by atoms with E-state index in [1.807, 2.05) is 30.7 Å². The molecule has 2 aliphatic rings. The van der Waals surface area contributed by atoms with Crippen LogP contribution in [0.1, 0.15) is 17.0 Å². The molecule has 0 radical (unpaired) electrons. The number of carbonyl (C=O) groups is 1. The van der Waals surface area contributed by atoms with E-state index in [-0.39, 0.29) is 16.4 Å². The molecule has 148 valence electrons. The third kappa shape index (κ3) is 3.43. The number of amidine groups is 2. The summed E-state index contributed by atoms with van der Waals surface area (Å²) >= 11 is 8.64. The molecular formula is C19H15ClFN5OS2. The van der Waals surface area contributed by atoms with Crippen LogP contribution in [-0.2, 0) is 4.79 Å². The number of hydrazone groups is 1. The molecule has 1 aromatic carbocycles. The maximum absolute atomic E-state index is 13.5. The van der Waals surface area contributed by atoms with Gasteiger partial charge in [0.15, 0.2) is 10.2 Å². The number of aromatic nitrogens is 1. The first-order valence-corrected chi connectivity index (χ1v) is 10.9. The monoisotopic (exact) mass is 447 g/mol. The minimum absolute atomic E-state index is 0.00817. The number of aryl methyl sites for hydroxylation is 1.